The molecule has 0 amide bonds. The molecule has 0 aromatic carbocycles. The second-order valence-electron chi connectivity index (χ2n) is 6.14. The Bertz CT molecular complexity index is 1090. The van der Waals surface area contributed by atoms with Gasteiger partial charge in [-0.15, -0.1) is 0 Å². The maximum atomic E-state index is 12.3. The lowest BCUT2D eigenvalue weighted by Crippen LogP contribution is -2.33. The number of hydrogen-bond donors (Lipinski definition) is 2. The monoisotopic (exact) mass is 378 g/mol. The van der Waals surface area contributed by atoms with Crippen molar-refractivity contribution in [2.24, 2.45) is 7.05 Å². The minimum Gasteiger partial charge on any atom is -0.467 e. The first-order valence-corrected chi connectivity index (χ1v) is 8.57. The van der Waals surface area contributed by atoms with Crippen LogP contribution in [0.1, 0.15) is 5.69 Å². The summed E-state index contributed by atoms with van der Waals surface area (Å²) in [6.45, 7) is 0. The molecular formula is C18H18N8O2. The summed E-state index contributed by atoms with van der Waals surface area (Å²) in [5.74, 6) is 0.567. The molecule has 28 heavy (non-hydrogen) atoms. The number of fused-ring (bicyclic) bond motifs is 1. The van der Waals surface area contributed by atoms with Crippen LogP contribution < -0.4 is 5.32 Å². The molecular weight excluding hydrogens is 360 g/mol. The number of rotatable bonds is 6. The van der Waals surface area contributed by atoms with Crippen molar-refractivity contribution in [3.05, 3.63) is 48.9 Å². The molecule has 0 saturated carbocycles. The van der Waals surface area contributed by atoms with Gasteiger partial charge in [-0.2, -0.15) is 5.10 Å². The highest BCUT2D eigenvalue weighted by Gasteiger charge is 2.23. The molecule has 4 heterocycles. The van der Waals surface area contributed by atoms with E-state index in [1.807, 2.05) is 12.1 Å². The molecule has 0 radical (unpaired) electrons. The SMILES string of the molecule is COC(=O)[C@H](Cc1cnc[nH]1)Nc1nc(-c2cccnc2)nc2c1cnn2C. The Labute approximate surface area is 160 Å². The standard InChI is InChI=1S/C18H18N8O2/c1-26-17-13(9-22-26)16(24-15(25-17)11-4-3-5-19-7-11)23-14(18(27)28-2)6-12-8-20-10-21-12/h3-5,7-10,14H,6H2,1-2H3,(H,20,21)(H,23,24,25)/t14-/m0/s1. The van der Waals surface area contributed by atoms with Gasteiger partial charge in [0, 0.05) is 43.3 Å². The summed E-state index contributed by atoms with van der Waals surface area (Å²) in [7, 11) is 3.15. The molecule has 10 nitrogen and oxygen atoms in total. The van der Waals surface area contributed by atoms with Gasteiger partial charge in [0.15, 0.2) is 11.5 Å². The molecule has 0 aliphatic rings. The Hall–Kier alpha value is -3.82. The number of hydrogen-bond acceptors (Lipinski definition) is 8. The third-order valence-electron chi connectivity index (χ3n) is 4.29. The van der Waals surface area contributed by atoms with Crippen LogP contribution in [0.25, 0.3) is 22.4 Å². The normalized spacial score (nSPS) is 12.1. The van der Waals surface area contributed by atoms with E-state index in [1.165, 1.54) is 7.11 Å². The molecule has 142 valence electrons. The number of ether oxygens (including phenoxy) is 1. The number of methoxy groups -OCH3 is 1. The van der Waals surface area contributed by atoms with Gasteiger partial charge < -0.3 is 15.0 Å². The van der Waals surface area contributed by atoms with Gasteiger partial charge in [-0.25, -0.2) is 19.7 Å². The summed E-state index contributed by atoms with van der Waals surface area (Å²) in [6, 6.07) is 3.02. The van der Waals surface area contributed by atoms with Crippen molar-refractivity contribution in [1.82, 2.24) is 34.7 Å². The van der Waals surface area contributed by atoms with Gasteiger partial charge in [-0.1, -0.05) is 0 Å². The third kappa shape index (κ3) is 3.39. The highest BCUT2D eigenvalue weighted by Crippen LogP contribution is 2.25. The van der Waals surface area contributed by atoms with Crippen molar-refractivity contribution in [2.45, 2.75) is 12.5 Å². The fourth-order valence-electron chi connectivity index (χ4n) is 2.87. The van der Waals surface area contributed by atoms with Crippen LogP contribution in [0.5, 0.6) is 0 Å². The van der Waals surface area contributed by atoms with Crippen molar-refractivity contribution in [3.63, 3.8) is 0 Å². The maximum Gasteiger partial charge on any atom is 0.328 e. The van der Waals surface area contributed by atoms with Crippen molar-refractivity contribution in [3.8, 4) is 11.4 Å². The van der Waals surface area contributed by atoms with Crippen LogP contribution in [0.4, 0.5) is 5.82 Å². The van der Waals surface area contributed by atoms with Crippen LogP contribution in [0.15, 0.2) is 43.2 Å². The zero-order chi connectivity index (χ0) is 19.5. The van der Waals surface area contributed by atoms with E-state index in [2.05, 4.69) is 35.3 Å². The zero-order valence-corrected chi connectivity index (χ0v) is 15.3. The summed E-state index contributed by atoms with van der Waals surface area (Å²) < 4.78 is 6.61. The summed E-state index contributed by atoms with van der Waals surface area (Å²) in [5, 5.41) is 8.16. The predicted octanol–water partition coefficient (Wildman–Crippen LogP) is 1.34. The fraction of sp³-hybridized carbons (Fsp3) is 0.222. The largest absolute Gasteiger partial charge is 0.467 e. The Morgan fingerprint density at radius 2 is 2.18 bits per heavy atom. The highest BCUT2D eigenvalue weighted by molar-refractivity contribution is 5.90. The van der Waals surface area contributed by atoms with Gasteiger partial charge in [0.05, 0.1) is 25.0 Å². The second kappa shape index (κ2) is 7.43. The molecule has 0 aliphatic heterocycles. The third-order valence-corrected chi connectivity index (χ3v) is 4.29. The number of carbonyl (C=O) groups is 1. The number of imidazole rings is 1. The van der Waals surface area contributed by atoms with Crippen molar-refractivity contribution < 1.29 is 9.53 Å². The Kier molecular flexibility index (Phi) is 4.67. The van der Waals surface area contributed by atoms with Crippen LogP contribution in [0, 0.1) is 0 Å². The molecule has 0 saturated heterocycles. The zero-order valence-electron chi connectivity index (χ0n) is 15.3. The smallest absolute Gasteiger partial charge is 0.328 e. The molecule has 0 unspecified atom stereocenters. The van der Waals surface area contributed by atoms with Crippen LogP contribution in [-0.2, 0) is 23.0 Å². The molecule has 0 fully saturated rings. The molecule has 0 spiro atoms. The van der Waals surface area contributed by atoms with Crippen LogP contribution in [-0.4, -0.2) is 53.8 Å². The molecule has 0 bridgehead atoms. The van der Waals surface area contributed by atoms with E-state index in [4.69, 9.17) is 4.74 Å². The summed E-state index contributed by atoms with van der Waals surface area (Å²) in [6.07, 6.45) is 8.62. The number of pyridine rings is 1. The number of aromatic amines is 1. The molecule has 4 rings (SSSR count). The highest BCUT2D eigenvalue weighted by atomic mass is 16.5. The molecule has 2 N–H and O–H groups in total. The van der Waals surface area contributed by atoms with E-state index >= 15 is 0 Å². The Morgan fingerprint density at radius 1 is 1.29 bits per heavy atom. The van der Waals surface area contributed by atoms with Crippen molar-refractivity contribution in [2.75, 3.05) is 12.4 Å². The topological polar surface area (TPSA) is 124 Å². The molecule has 4 aromatic rings. The number of aromatic nitrogens is 7. The van der Waals surface area contributed by atoms with E-state index in [0.29, 0.717) is 29.1 Å². The quantitative estimate of drug-likeness (QED) is 0.482. The van der Waals surface area contributed by atoms with E-state index < -0.39 is 12.0 Å². The number of anilines is 1. The Morgan fingerprint density at radius 3 is 2.89 bits per heavy atom. The first kappa shape index (κ1) is 17.6. The van der Waals surface area contributed by atoms with Gasteiger partial charge in [0.1, 0.15) is 11.9 Å². The van der Waals surface area contributed by atoms with Crippen LogP contribution >= 0.6 is 0 Å². The summed E-state index contributed by atoms with van der Waals surface area (Å²) in [5.41, 5.74) is 2.20. The van der Waals surface area contributed by atoms with Crippen molar-refractivity contribution in [1.29, 1.82) is 0 Å². The number of esters is 1. The summed E-state index contributed by atoms with van der Waals surface area (Å²) in [4.78, 5) is 32.7. The lowest BCUT2D eigenvalue weighted by atomic mass is 10.1. The predicted molar refractivity (Wildman–Crippen MR) is 101 cm³/mol. The van der Waals surface area contributed by atoms with Gasteiger partial charge in [0.2, 0.25) is 0 Å². The maximum absolute atomic E-state index is 12.3. The van der Waals surface area contributed by atoms with Crippen molar-refractivity contribution >= 4 is 22.8 Å². The van der Waals surface area contributed by atoms with E-state index in [0.717, 1.165) is 11.3 Å². The molecule has 1 atom stereocenters. The second-order valence-corrected chi connectivity index (χ2v) is 6.14. The number of nitrogens with zero attached hydrogens (tertiary/aromatic N) is 6. The summed E-state index contributed by atoms with van der Waals surface area (Å²) >= 11 is 0. The van der Waals surface area contributed by atoms with Crippen LogP contribution in [0.3, 0.4) is 0 Å². The molecule has 4 aromatic heterocycles. The Balaban J connectivity index is 1.76. The van der Waals surface area contributed by atoms with E-state index in [9.17, 15) is 4.79 Å². The average Bonchev–Trinajstić information content (AvgIpc) is 3.37. The molecule has 0 aliphatic carbocycles. The van der Waals surface area contributed by atoms with Gasteiger partial charge in [-0.05, 0) is 12.1 Å². The van der Waals surface area contributed by atoms with Gasteiger partial charge >= 0.3 is 5.97 Å². The number of aryl methyl sites for hydroxylation is 1. The number of H-pyrrole nitrogens is 1. The van der Waals surface area contributed by atoms with Crippen LogP contribution in [0.2, 0.25) is 0 Å². The first-order chi connectivity index (χ1) is 13.7. The minimum atomic E-state index is -0.662. The lowest BCUT2D eigenvalue weighted by molar-refractivity contribution is -0.141. The first-order valence-electron chi connectivity index (χ1n) is 8.57. The van der Waals surface area contributed by atoms with E-state index in [1.54, 1.807) is 42.8 Å². The van der Waals surface area contributed by atoms with Gasteiger partial charge in [-0.3, -0.25) is 9.67 Å². The molecule has 10 heteroatoms. The number of carbonyl (C=O) groups excluding carboxylic acids is 1. The number of nitrogens with one attached hydrogen (secondary N) is 2. The van der Waals surface area contributed by atoms with Gasteiger partial charge in [0.25, 0.3) is 0 Å². The lowest BCUT2D eigenvalue weighted by Gasteiger charge is -2.17. The van der Waals surface area contributed by atoms with E-state index in [-0.39, 0.29) is 0 Å². The fourth-order valence-corrected chi connectivity index (χ4v) is 2.87. The minimum absolute atomic E-state index is 0.362. The average molecular weight is 378 g/mol.